The SMILES string of the molecule is CC(I)C(=O)OC1CC(C)(C)[NH2+]C(C)(C)C1. The highest BCUT2D eigenvalue weighted by Crippen LogP contribution is 2.24. The van der Waals surface area contributed by atoms with Crippen LogP contribution in [-0.2, 0) is 9.53 Å². The Kier molecular flexibility index (Phi) is 4.27. The van der Waals surface area contributed by atoms with Crippen LogP contribution in [0.4, 0.5) is 0 Å². The maximum atomic E-state index is 11.6. The number of carbonyl (C=O) groups excluding carboxylic acids is 1. The Morgan fingerprint density at radius 2 is 1.75 bits per heavy atom. The number of ether oxygens (including phenoxy) is 1. The molecule has 94 valence electrons. The first kappa shape index (κ1) is 14.2. The van der Waals surface area contributed by atoms with Crippen LogP contribution in [0.3, 0.4) is 0 Å². The quantitative estimate of drug-likeness (QED) is 0.472. The lowest BCUT2D eigenvalue weighted by molar-refractivity contribution is -0.789. The molecule has 4 heteroatoms. The van der Waals surface area contributed by atoms with Crippen molar-refractivity contribution in [2.45, 2.75) is 68.6 Å². The van der Waals surface area contributed by atoms with Crippen LogP contribution in [0.2, 0.25) is 0 Å². The van der Waals surface area contributed by atoms with Gasteiger partial charge >= 0.3 is 5.97 Å². The normalized spacial score (nSPS) is 26.1. The summed E-state index contributed by atoms with van der Waals surface area (Å²) in [7, 11) is 0. The molecule has 0 radical (unpaired) electrons. The maximum Gasteiger partial charge on any atom is 0.318 e. The monoisotopic (exact) mass is 340 g/mol. The molecule has 2 N–H and O–H groups in total. The summed E-state index contributed by atoms with van der Waals surface area (Å²) in [6.07, 6.45) is 1.94. The number of carbonyl (C=O) groups is 1. The third-order valence-corrected chi connectivity index (χ3v) is 3.41. The molecular formula is C12H23INO2+. The van der Waals surface area contributed by atoms with Gasteiger partial charge < -0.3 is 10.1 Å². The van der Waals surface area contributed by atoms with E-state index in [9.17, 15) is 4.79 Å². The molecule has 1 aliphatic rings. The molecule has 3 nitrogen and oxygen atoms in total. The van der Waals surface area contributed by atoms with Crippen LogP contribution in [0.25, 0.3) is 0 Å². The first-order chi connectivity index (χ1) is 7.11. The fourth-order valence-corrected chi connectivity index (χ4v) is 2.91. The molecule has 0 saturated carbocycles. The van der Waals surface area contributed by atoms with Crippen LogP contribution < -0.4 is 5.32 Å². The standard InChI is InChI=1S/C12H22INO2/c1-8(13)10(15)16-9-6-11(2,3)14-12(4,5)7-9/h8-9,14H,6-7H2,1-5H3/p+1. The highest BCUT2D eigenvalue weighted by Gasteiger charge is 2.43. The van der Waals surface area contributed by atoms with E-state index in [1.165, 1.54) is 0 Å². The van der Waals surface area contributed by atoms with Crippen molar-refractivity contribution in [3.63, 3.8) is 0 Å². The summed E-state index contributed by atoms with van der Waals surface area (Å²) in [4.78, 5) is 11.6. The Balaban J connectivity index is 2.64. The van der Waals surface area contributed by atoms with E-state index in [-0.39, 0.29) is 27.1 Å². The molecule has 1 saturated heterocycles. The minimum absolute atomic E-state index is 0.0604. The van der Waals surface area contributed by atoms with E-state index in [0.717, 1.165) is 12.8 Å². The number of rotatable bonds is 2. The van der Waals surface area contributed by atoms with Crippen LogP contribution >= 0.6 is 22.6 Å². The van der Waals surface area contributed by atoms with Crippen molar-refractivity contribution >= 4 is 28.6 Å². The summed E-state index contributed by atoms with van der Waals surface area (Å²) in [5.41, 5.74) is 0.308. The number of quaternary nitrogens is 1. The zero-order chi connectivity index (χ0) is 12.6. The second-order valence-corrected chi connectivity index (χ2v) is 8.07. The van der Waals surface area contributed by atoms with Crippen molar-refractivity contribution in [2.75, 3.05) is 0 Å². The molecule has 1 atom stereocenters. The Bertz CT molecular complexity index is 258. The minimum atomic E-state index is -0.0842. The molecule has 0 aromatic rings. The fourth-order valence-electron chi connectivity index (χ4n) is 2.76. The van der Waals surface area contributed by atoms with Gasteiger partial charge in [-0.1, -0.05) is 22.6 Å². The number of piperidine rings is 1. The van der Waals surface area contributed by atoms with E-state index in [0.29, 0.717) is 0 Å². The number of esters is 1. The topological polar surface area (TPSA) is 42.9 Å². The Hall–Kier alpha value is 0.160. The van der Waals surface area contributed by atoms with Crippen LogP contribution in [0.15, 0.2) is 0 Å². The smallest absolute Gasteiger partial charge is 0.318 e. The molecule has 1 aliphatic heterocycles. The molecule has 0 spiro atoms. The van der Waals surface area contributed by atoms with Gasteiger partial charge in [-0.25, -0.2) is 0 Å². The van der Waals surface area contributed by atoms with Crippen molar-refractivity contribution < 1.29 is 14.8 Å². The molecule has 1 rings (SSSR count). The van der Waals surface area contributed by atoms with Gasteiger partial charge in [-0.15, -0.1) is 0 Å². The number of alkyl halides is 1. The number of nitrogens with two attached hydrogens (primary N) is 1. The van der Waals surface area contributed by atoms with E-state index >= 15 is 0 Å². The van der Waals surface area contributed by atoms with Gasteiger partial charge in [0.2, 0.25) is 0 Å². The summed E-state index contributed by atoms with van der Waals surface area (Å²) in [6.45, 7) is 10.7. The molecule has 0 amide bonds. The first-order valence-electron chi connectivity index (χ1n) is 5.83. The lowest BCUT2D eigenvalue weighted by Crippen LogP contribution is -3.06. The van der Waals surface area contributed by atoms with Gasteiger partial charge in [-0.3, -0.25) is 4.79 Å². The molecule has 1 fully saturated rings. The predicted octanol–water partition coefficient (Wildman–Crippen LogP) is 1.64. The number of halogens is 1. The Labute approximate surface area is 112 Å². The second-order valence-electron chi connectivity index (χ2n) is 6.20. The first-order valence-corrected chi connectivity index (χ1v) is 7.07. The number of hydrogen-bond donors (Lipinski definition) is 1. The Morgan fingerprint density at radius 1 is 1.31 bits per heavy atom. The zero-order valence-corrected chi connectivity index (χ0v) is 13.0. The molecule has 16 heavy (non-hydrogen) atoms. The lowest BCUT2D eigenvalue weighted by atomic mass is 9.81. The van der Waals surface area contributed by atoms with Crippen molar-refractivity contribution in [3.8, 4) is 0 Å². The van der Waals surface area contributed by atoms with E-state index < -0.39 is 0 Å². The minimum Gasteiger partial charge on any atom is -0.461 e. The Morgan fingerprint density at radius 3 is 2.12 bits per heavy atom. The van der Waals surface area contributed by atoms with Crippen molar-refractivity contribution in [3.05, 3.63) is 0 Å². The summed E-state index contributed by atoms with van der Waals surface area (Å²) < 4.78 is 5.50. The summed E-state index contributed by atoms with van der Waals surface area (Å²) in [5.74, 6) is -0.0842. The van der Waals surface area contributed by atoms with Gasteiger partial charge in [-0.05, 0) is 34.6 Å². The van der Waals surface area contributed by atoms with E-state index in [4.69, 9.17) is 4.74 Å². The van der Waals surface area contributed by atoms with E-state index in [2.05, 4.69) is 55.6 Å². The summed E-state index contributed by atoms with van der Waals surface area (Å²) in [6, 6.07) is 0. The van der Waals surface area contributed by atoms with Crippen LogP contribution in [0, 0.1) is 0 Å². The van der Waals surface area contributed by atoms with Crippen LogP contribution in [0.1, 0.15) is 47.5 Å². The second kappa shape index (κ2) is 4.80. The molecule has 0 bridgehead atoms. The molecule has 0 aliphatic carbocycles. The molecule has 0 aromatic heterocycles. The predicted molar refractivity (Wildman–Crippen MR) is 72.7 cm³/mol. The zero-order valence-electron chi connectivity index (χ0n) is 10.8. The average Bonchev–Trinajstić information content (AvgIpc) is 1.96. The molecule has 0 aromatic carbocycles. The van der Waals surface area contributed by atoms with Gasteiger partial charge in [0.1, 0.15) is 10.0 Å². The van der Waals surface area contributed by atoms with Crippen LogP contribution in [-0.4, -0.2) is 27.1 Å². The van der Waals surface area contributed by atoms with Crippen LogP contribution in [0.5, 0.6) is 0 Å². The number of hydrogen-bond acceptors (Lipinski definition) is 2. The highest BCUT2D eigenvalue weighted by molar-refractivity contribution is 14.1. The van der Waals surface area contributed by atoms with Crippen molar-refractivity contribution in [2.24, 2.45) is 0 Å². The lowest BCUT2D eigenvalue weighted by Gasteiger charge is -2.42. The van der Waals surface area contributed by atoms with E-state index in [1.54, 1.807) is 0 Å². The summed E-state index contributed by atoms with van der Waals surface area (Å²) in [5, 5.41) is 2.39. The maximum absolute atomic E-state index is 11.6. The van der Waals surface area contributed by atoms with Gasteiger partial charge in [0.05, 0.1) is 11.1 Å². The average molecular weight is 340 g/mol. The van der Waals surface area contributed by atoms with Gasteiger partial charge in [0.15, 0.2) is 0 Å². The third-order valence-electron chi connectivity index (χ3n) is 2.90. The largest absolute Gasteiger partial charge is 0.461 e. The van der Waals surface area contributed by atoms with Gasteiger partial charge in [-0.2, -0.15) is 0 Å². The van der Waals surface area contributed by atoms with Crippen molar-refractivity contribution in [1.29, 1.82) is 0 Å². The van der Waals surface area contributed by atoms with Gasteiger partial charge in [0.25, 0.3) is 0 Å². The third kappa shape index (κ3) is 4.20. The van der Waals surface area contributed by atoms with E-state index in [1.807, 2.05) is 6.92 Å². The fraction of sp³-hybridized carbons (Fsp3) is 0.917. The highest BCUT2D eigenvalue weighted by atomic mass is 127. The molecular weight excluding hydrogens is 317 g/mol. The molecule has 1 unspecified atom stereocenters. The van der Waals surface area contributed by atoms with Crippen molar-refractivity contribution in [1.82, 2.24) is 0 Å². The van der Waals surface area contributed by atoms with Gasteiger partial charge in [0, 0.05) is 12.8 Å². The summed E-state index contributed by atoms with van der Waals surface area (Å²) >= 11 is 2.10. The molecule has 1 heterocycles.